The topological polar surface area (TPSA) is 93.1 Å². The Bertz CT molecular complexity index is 753. The molecule has 0 radical (unpaired) electrons. The van der Waals surface area contributed by atoms with Crippen LogP contribution in [-0.4, -0.2) is 26.3 Å². The van der Waals surface area contributed by atoms with Crippen molar-refractivity contribution in [2.75, 3.05) is 7.11 Å². The molecular weight excluding hydrogens is 272 g/mol. The van der Waals surface area contributed by atoms with E-state index in [-0.39, 0.29) is 18.3 Å². The lowest BCUT2D eigenvalue weighted by Crippen LogP contribution is -2.26. The number of aliphatic hydroxyl groups is 1. The SMILES string of the molecule is COc1cc(-n2cc(CO)n(C(C)C)c2=O)ncc1C#N. The van der Waals surface area contributed by atoms with Gasteiger partial charge >= 0.3 is 5.69 Å². The molecule has 0 aromatic carbocycles. The van der Waals surface area contributed by atoms with E-state index in [4.69, 9.17) is 10.00 Å². The molecule has 2 heterocycles. The van der Waals surface area contributed by atoms with Crippen LogP contribution in [0.4, 0.5) is 0 Å². The summed E-state index contributed by atoms with van der Waals surface area (Å²) in [6.45, 7) is 3.48. The molecule has 0 atom stereocenters. The van der Waals surface area contributed by atoms with Crippen molar-refractivity contribution in [1.82, 2.24) is 14.1 Å². The maximum Gasteiger partial charge on any atom is 0.334 e. The van der Waals surface area contributed by atoms with Gasteiger partial charge in [0.15, 0.2) is 0 Å². The van der Waals surface area contributed by atoms with Crippen LogP contribution in [-0.2, 0) is 6.61 Å². The highest BCUT2D eigenvalue weighted by Gasteiger charge is 2.16. The molecule has 0 aliphatic heterocycles. The zero-order chi connectivity index (χ0) is 15.6. The first-order chi connectivity index (χ1) is 10.0. The van der Waals surface area contributed by atoms with E-state index >= 15 is 0 Å². The van der Waals surface area contributed by atoms with Crippen LogP contribution in [0.5, 0.6) is 5.75 Å². The Kier molecular flexibility index (Phi) is 4.10. The summed E-state index contributed by atoms with van der Waals surface area (Å²) in [6, 6.07) is 3.40. The Morgan fingerprint density at radius 2 is 2.24 bits per heavy atom. The van der Waals surface area contributed by atoms with E-state index in [9.17, 15) is 9.90 Å². The highest BCUT2D eigenvalue weighted by Crippen LogP contribution is 2.19. The number of rotatable bonds is 4. The lowest BCUT2D eigenvalue weighted by atomic mass is 10.3. The Hall–Kier alpha value is -2.59. The van der Waals surface area contributed by atoms with Gasteiger partial charge in [-0.2, -0.15) is 5.26 Å². The second kappa shape index (κ2) is 5.81. The first kappa shape index (κ1) is 14.8. The molecule has 0 spiro atoms. The van der Waals surface area contributed by atoms with Gasteiger partial charge in [0.1, 0.15) is 23.2 Å². The molecule has 0 unspecified atom stereocenters. The number of nitrogens with zero attached hydrogens (tertiary/aromatic N) is 4. The summed E-state index contributed by atoms with van der Waals surface area (Å²) in [5.41, 5.74) is 0.494. The number of hydrogen-bond acceptors (Lipinski definition) is 5. The molecule has 0 fully saturated rings. The van der Waals surface area contributed by atoms with Crippen molar-refractivity contribution in [1.29, 1.82) is 5.26 Å². The highest BCUT2D eigenvalue weighted by molar-refractivity contribution is 5.45. The van der Waals surface area contributed by atoms with Crippen molar-refractivity contribution in [3.05, 3.63) is 40.2 Å². The molecule has 110 valence electrons. The van der Waals surface area contributed by atoms with Gasteiger partial charge in [0.25, 0.3) is 0 Å². The van der Waals surface area contributed by atoms with Crippen molar-refractivity contribution in [3.8, 4) is 17.6 Å². The molecule has 2 rings (SSSR count). The Balaban J connectivity index is 2.63. The first-order valence-electron chi connectivity index (χ1n) is 6.41. The van der Waals surface area contributed by atoms with Crippen LogP contribution in [0.1, 0.15) is 31.1 Å². The van der Waals surface area contributed by atoms with Gasteiger partial charge in [-0.15, -0.1) is 0 Å². The van der Waals surface area contributed by atoms with Crippen molar-refractivity contribution >= 4 is 0 Å². The van der Waals surface area contributed by atoms with Crippen LogP contribution in [0.2, 0.25) is 0 Å². The molecule has 21 heavy (non-hydrogen) atoms. The third-order valence-electron chi connectivity index (χ3n) is 3.12. The molecule has 0 bridgehead atoms. The average Bonchev–Trinajstić information content (AvgIpc) is 2.83. The van der Waals surface area contributed by atoms with Gasteiger partial charge in [-0.1, -0.05) is 0 Å². The summed E-state index contributed by atoms with van der Waals surface area (Å²) >= 11 is 0. The minimum atomic E-state index is -0.298. The van der Waals surface area contributed by atoms with Gasteiger partial charge < -0.3 is 9.84 Å². The average molecular weight is 288 g/mol. The largest absolute Gasteiger partial charge is 0.495 e. The minimum Gasteiger partial charge on any atom is -0.495 e. The van der Waals surface area contributed by atoms with E-state index in [2.05, 4.69) is 4.98 Å². The Morgan fingerprint density at radius 3 is 2.71 bits per heavy atom. The van der Waals surface area contributed by atoms with Crippen molar-refractivity contribution < 1.29 is 9.84 Å². The number of ether oxygens (including phenoxy) is 1. The second-order valence-corrected chi connectivity index (χ2v) is 4.75. The highest BCUT2D eigenvalue weighted by atomic mass is 16.5. The molecule has 0 saturated carbocycles. The fourth-order valence-electron chi connectivity index (χ4n) is 2.15. The number of aromatic nitrogens is 3. The number of nitriles is 1. The monoisotopic (exact) mass is 288 g/mol. The third kappa shape index (κ3) is 2.53. The van der Waals surface area contributed by atoms with Crippen molar-refractivity contribution in [2.45, 2.75) is 26.5 Å². The van der Waals surface area contributed by atoms with Crippen LogP contribution >= 0.6 is 0 Å². The van der Waals surface area contributed by atoms with E-state index in [0.29, 0.717) is 22.8 Å². The van der Waals surface area contributed by atoms with Gasteiger partial charge in [-0.3, -0.25) is 9.13 Å². The van der Waals surface area contributed by atoms with Crippen molar-refractivity contribution in [2.24, 2.45) is 0 Å². The van der Waals surface area contributed by atoms with E-state index in [1.165, 1.54) is 34.7 Å². The maximum atomic E-state index is 12.4. The zero-order valence-corrected chi connectivity index (χ0v) is 12.1. The quantitative estimate of drug-likeness (QED) is 0.905. The molecule has 0 amide bonds. The number of aliphatic hydroxyl groups excluding tert-OH is 1. The van der Waals surface area contributed by atoms with Gasteiger partial charge in [-0.05, 0) is 13.8 Å². The first-order valence-corrected chi connectivity index (χ1v) is 6.41. The number of imidazole rings is 1. The number of hydrogen-bond donors (Lipinski definition) is 1. The molecule has 2 aromatic rings. The Labute approximate surface area is 121 Å². The van der Waals surface area contributed by atoms with Gasteiger partial charge in [-0.25, -0.2) is 9.78 Å². The molecule has 1 N–H and O–H groups in total. The van der Waals surface area contributed by atoms with Gasteiger partial charge in [0.2, 0.25) is 0 Å². The Morgan fingerprint density at radius 1 is 1.52 bits per heavy atom. The lowest BCUT2D eigenvalue weighted by molar-refractivity contribution is 0.267. The van der Waals surface area contributed by atoms with Crippen LogP contribution < -0.4 is 10.4 Å². The van der Waals surface area contributed by atoms with Crippen LogP contribution in [0.15, 0.2) is 23.3 Å². The van der Waals surface area contributed by atoms with Crippen LogP contribution in [0.25, 0.3) is 5.82 Å². The molecule has 0 aliphatic carbocycles. The summed E-state index contributed by atoms with van der Waals surface area (Å²) in [7, 11) is 1.45. The van der Waals surface area contributed by atoms with Gasteiger partial charge in [0.05, 0.1) is 25.6 Å². The number of methoxy groups -OCH3 is 1. The molecule has 7 heteroatoms. The third-order valence-corrected chi connectivity index (χ3v) is 3.12. The molecule has 0 saturated heterocycles. The summed E-state index contributed by atoms with van der Waals surface area (Å²) in [4.78, 5) is 16.5. The van der Waals surface area contributed by atoms with Crippen molar-refractivity contribution in [3.63, 3.8) is 0 Å². The second-order valence-electron chi connectivity index (χ2n) is 4.75. The summed E-state index contributed by atoms with van der Waals surface area (Å²) in [5.74, 6) is 0.683. The van der Waals surface area contributed by atoms with E-state index < -0.39 is 0 Å². The molecule has 0 aliphatic rings. The summed E-state index contributed by atoms with van der Waals surface area (Å²) < 4.78 is 7.94. The van der Waals surface area contributed by atoms with E-state index in [1.807, 2.05) is 19.9 Å². The summed E-state index contributed by atoms with van der Waals surface area (Å²) in [5, 5.41) is 18.3. The van der Waals surface area contributed by atoms with Crippen LogP contribution in [0, 0.1) is 11.3 Å². The smallest absolute Gasteiger partial charge is 0.334 e. The molecular formula is C14H16N4O3. The fourth-order valence-corrected chi connectivity index (χ4v) is 2.15. The van der Waals surface area contributed by atoms with Crippen LogP contribution in [0.3, 0.4) is 0 Å². The molecule has 7 nitrogen and oxygen atoms in total. The lowest BCUT2D eigenvalue weighted by Gasteiger charge is -2.08. The van der Waals surface area contributed by atoms with Gasteiger partial charge in [0, 0.05) is 18.3 Å². The zero-order valence-electron chi connectivity index (χ0n) is 12.1. The predicted molar refractivity (Wildman–Crippen MR) is 75.4 cm³/mol. The fraction of sp³-hybridized carbons (Fsp3) is 0.357. The minimum absolute atomic E-state index is 0.0822. The summed E-state index contributed by atoms with van der Waals surface area (Å²) in [6.07, 6.45) is 2.89. The predicted octanol–water partition coefficient (Wildman–Crippen LogP) is 0.987. The normalized spacial score (nSPS) is 10.7. The standard InChI is InChI=1S/C14H16N4O3/c1-9(2)18-11(8-19)7-17(14(18)20)13-4-12(21-3)10(5-15)6-16-13/h4,6-7,9,19H,8H2,1-3H3. The van der Waals surface area contributed by atoms with E-state index in [1.54, 1.807) is 0 Å². The molecule has 2 aromatic heterocycles. The number of pyridine rings is 1. The van der Waals surface area contributed by atoms with E-state index in [0.717, 1.165) is 0 Å². The maximum absolute atomic E-state index is 12.4.